The summed E-state index contributed by atoms with van der Waals surface area (Å²) < 4.78 is 2.05. The number of nitrogens with zero attached hydrogens (tertiary/aromatic N) is 3. The van der Waals surface area contributed by atoms with Crippen LogP contribution in [0.3, 0.4) is 0 Å². The summed E-state index contributed by atoms with van der Waals surface area (Å²) in [7, 11) is 0. The number of anilines is 1. The Bertz CT molecular complexity index is 444. The molecule has 92 valence electrons. The molecule has 0 bridgehead atoms. The zero-order valence-corrected chi connectivity index (χ0v) is 10.0. The standard InChI is InChI=1S/C12H19N5/c13-12-10-3-4-16(8-1-2-8)7-11(10)15-17(12)9-5-14-6-9/h8-9,14H,1-7,13H2. The molecule has 1 aromatic rings. The van der Waals surface area contributed by atoms with Gasteiger partial charge in [-0.15, -0.1) is 0 Å². The molecule has 3 heterocycles. The van der Waals surface area contributed by atoms with Crippen LogP contribution in [0.15, 0.2) is 0 Å². The van der Waals surface area contributed by atoms with Crippen LogP contribution in [0.25, 0.3) is 0 Å². The molecule has 4 rings (SSSR count). The van der Waals surface area contributed by atoms with Gasteiger partial charge in [-0.25, -0.2) is 4.68 Å². The second-order valence-electron chi connectivity index (χ2n) is 5.52. The summed E-state index contributed by atoms with van der Waals surface area (Å²) in [5, 5.41) is 8.02. The molecule has 5 nitrogen and oxygen atoms in total. The lowest BCUT2D eigenvalue weighted by molar-refractivity contribution is 0.239. The van der Waals surface area contributed by atoms with E-state index in [0.29, 0.717) is 6.04 Å². The van der Waals surface area contributed by atoms with E-state index in [9.17, 15) is 0 Å². The Labute approximate surface area is 101 Å². The van der Waals surface area contributed by atoms with E-state index in [4.69, 9.17) is 10.8 Å². The molecule has 1 aliphatic carbocycles. The maximum Gasteiger partial charge on any atom is 0.125 e. The molecule has 3 aliphatic rings. The van der Waals surface area contributed by atoms with Crippen LogP contribution in [-0.2, 0) is 13.0 Å². The van der Waals surface area contributed by atoms with Crippen molar-refractivity contribution in [3.05, 3.63) is 11.3 Å². The predicted molar refractivity (Wildman–Crippen MR) is 65.7 cm³/mol. The summed E-state index contributed by atoms with van der Waals surface area (Å²) in [6.45, 7) is 4.20. The summed E-state index contributed by atoms with van der Waals surface area (Å²) in [4.78, 5) is 2.57. The first kappa shape index (κ1) is 9.91. The molecule has 17 heavy (non-hydrogen) atoms. The smallest absolute Gasteiger partial charge is 0.125 e. The number of hydrogen-bond donors (Lipinski definition) is 2. The summed E-state index contributed by atoms with van der Waals surface area (Å²) in [5.41, 5.74) is 8.77. The molecular formula is C12H19N5. The van der Waals surface area contributed by atoms with Crippen molar-refractivity contribution in [2.75, 3.05) is 25.4 Å². The highest BCUT2D eigenvalue weighted by Gasteiger charge is 2.34. The van der Waals surface area contributed by atoms with E-state index in [1.807, 2.05) is 0 Å². The van der Waals surface area contributed by atoms with Crippen molar-refractivity contribution in [1.29, 1.82) is 0 Å². The molecule has 0 amide bonds. The van der Waals surface area contributed by atoms with E-state index >= 15 is 0 Å². The van der Waals surface area contributed by atoms with Crippen LogP contribution in [0, 0.1) is 0 Å². The van der Waals surface area contributed by atoms with Gasteiger partial charge in [-0.1, -0.05) is 0 Å². The summed E-state index contributed by atoms with van der Waals surface area (Å²) in [5.74, 6) is 0.918. The molecular weight excluding hydrogens is 214 g/mol. The molecule has 5 heteroatoms. The number of nitrogen functional groups attached to an aromatic ring is 1. The van der Waals surface area contributed by atoms with Crippen LogP contribution in [0.2, 0.25) is 0 Å². The Morgan fingerprint density at radius 1 is 1.24 bits per heavy atom. The number of nitrogens with two attached hydrogens (primary N) is 1. The van der Waals surface area contributed by atoms with Crippen LogP contribution in [0.5, 0.6) is 0 Å². The van der Waals surface area contributed by atoms with Crippen LogP contribution in [0.4, 0.5) is 5.82 Å². The zero-order valence-electron chi connectivity index (χ0n) is 10.0. The lowest BCUT2D eigenvalue weighted by atomic mass is 10.1. The van der Waals surface area contributed by atoms with Crippen molar-refractivity contribution >= 4 is 5.82 Å². The highest BCUT2D eigenvalue weighted by Crippen LogP contribution is 2.33. The van der Waals surface area contributed by atoms with Crippen molar-refractivity contribution < 1.29 is 0 Å². The van der Waals surface area contributed by atoms with E-state index in [1.54, 1.807) is 0 Å². The normalized spacial score (nSPS) is 25.6. The molecule has 3 N–H and O–H groups in total. The minimum Gasteiger partial charge on any atom is -0.384 e. The molecule has 0 radical (unpaired) electrons. The average Bonchev–Trinajstić information content (AvgIpc) is 3.05. The van der Waals surface area contributed by atoms with E-state index in [0.717, 1.165) is 44.5 Å². The maximum absolute atomic E-state index is 6.23. The van der Waals surface area contributed by atoms with Gasteiger partial charge >= 0.3 is 0 Å². The number of hydrogen-bond acceptors (Lipinski definition) is 4. The molecule has 0 atom stereocenters. The number of nitrogens with one attached hydrogen (secondary N) is 1. The predicted octanol–water partition coefficient (Wildman–Crippen LogP) is 0.130. The summed E-state index contributed by atoms with van der Waals surface area (Å²) in [6, 6.07) is 1.31. The van der Waals surface area contributed by atoms with Gasteiger partial charge in [-0.05, 0) is 19.3 Å². The van der Waals surface area contributed by atoms with Gasteiger partial charge in [0.25, 0.3) is 0 Å². The summed E-state index contributed by atoms with van der Waals surface area (Å²) in [6.07, 6.45) is 3.83. The lowest BCUT2D eigenvalue weighted by Gasteiger charge is -2.28. The molecule has 2 fully saturated rings. The van der Waals surface area contributed by atoms with Crippen molar-refractivity contribution in [3.63, 3.8) is 0 Å². The minimum absolute atomic E-state index is 0.481. The third-order valence-corrected chi connectivity index (χ3v) is 4.30. The first-order valence-corrected chi connectivity index (χ1v) is 6.63. The molecule has 2 aliphatic heterocycles. The van der Waals surface area contributed by atoms with Gasteiger partial charge in [0.15, 0.2) is 0 Å². The van der Waals surface area contributed by atoms with Crippen LogP contribution < -0.4 is 11.1 Å². The van der Waals surface area contributed by atoms with Crippen LogP contribution >= 0.6 is 0 Å². The number of rotatable bonds is 2. The molecule has 0 aromatic carbocycles. The summed E-state index contributed by atoms with van der Waals surface area (Å²) >= 11 is 0. The fraction of sp³-hybridized carbons (Fsp3) is 0.750. The van der Waals surface area contributed by atoms with E-state index in [1.165, 1.54) is 24.1 Å². The van der Waals surface area contributed by atoms with Gasteiger partial charge < -0.3 is 11.1 Å². The monoisotopic (exact) mass is 233 g/mol. The van der Waals surface area contributed by atoms with Gasteiger partial charge in [-0.3, -0.25) is 4.90 Å². The minimum atomic E-state index is 0.481. The lowest BCUT2D eigenvalue weighted by Crippen LogP contribution is -2.44. The van der Waals surface area contributed by atoms with Crippen molar-refractivity contribution in [2.24, 2.45) is 0 Å². The Balaban J connectivity index is 1.63. The Morgan fingerprint density at radius 2 is 2.06 bits per heavy atom. The zero-order chi connectivity index (χ0) is 11.4. The molecule has 1 saturated heterocycles. The molecule has 0 spiro atoms. The highest BCUT2D eigenvalue weighted by molar-refractivity contribution is 5.45. The second kappa shape index (κ2) is 3.46. The number of aromatic nitrogens is 2. The Kier molecular flexibility index (Phi) is 2.02. The first-order valence-electron chi connectivity index (χ1n) is 6.63. The number of fused-ring (bicyclic) bond motifs is 1. The van der Waals surface area contributed by atoms with Crippen molar-refractivity contribution in [2.45, 2.75) is 37.9 Å². The third-order valence-electron chi connectivity index (χ3n) is 4.30. The van der Waals surface area contributed by atoms with Gasteiger partial charge in [-0.2, -0.15) is 5.10 Å². The van der Waals surface area contributed by atoms with Crippen LogP contribution in [0.1, 0.15) is 30.1 Å². The van der Waals surface area contributed by atoms with E-state index in [-0.39, 0.29) is 0 Å². The van der Waals surface area contributed by atoms with Crippen LogP contribution in [-0.4, -0.2) is 40.4 Å². The average molecular weight is 233 g/mol. The fourth-order valence-corrected chi connectivity index (χ4v) is 2.93. The fourth-order valence-electron chi connectivity index (χ4n) is 2.93. The van der Waals surface area contributed by atoms with Gasteiger partial charge in [0.05, 0.1) is 11.7 Å². The quantitative estimate of drug-likeness (QED) is 0.762. The molecule has 1 aromatic heterocycles. The SMILES string of the molecule is Nc1c2c(nn1C1CNC1)CN(C1CC1)CC2. The van der Waals surface area contributed by atoms with Crippen molar-refractivity contribution in [3.8, 4) is 0 Å². The topological polar surface area (TPSA) is 59.1 Å². The molecule has 1 saturated carbocycles. The van der Waals surface area contributed by atoms with E-state index < -0.39 is 0 Å². The second-order valence-corrected chi connectivity index (χ2v) is 5.52. The third kappa shape index (κ3) is 1.49. The Hall–Kier alpha value is -1.07. The Morgan fingerprint density at radius 3 is 2.71 bits per heavy atom. The van der Waals surface area contributed by atoms with Gasteiger partial charge in [0.1, 0.15) is 5.82 Å². The molecule has 0 unspecified atom stereocenters. The largest absolute Gasteiger partial charge is 0.384 e. The van der Waals surface area contributed by atoms with Gasteiger partial charge in [0.2, 0.25) is 0 Å². The highest BCUT2D eigenvalue weighted by atomic mass is 15.4. The van der Waals surface area contributed by atoms with Gasteiger partial charge in [0, 0.05) is 37.8 Å². The first-order chi connectivity index (χ1) is 8.33. The maximum atomic E-state index is 6.23. The van der Waals surface area contributed by atoms with Crippen molar-refractivity contribution in [1.82, 2.24) is 20.0 Å². The van der Waals surface area contributed by atoms with E-state index in [2.05, 4.69) is 14.9 Å².